The van der Waals surface area contributed by atoms with Crippen LogP contribution in [0, 0.1) is 0 Å². The molecule has 29 heavy (non-hydrogen) atoms. The smallest absolute Gasteiger partial charge is 0.251 e. The number of hydrogen-bond donors (Lipinski definition) is 1. The summed E-state index contributed by atoms with van der Waals surface area (Å²) in [7, 11) is -2.05. The molecule has 0 unspecified atom stereocenters. The molecular formula is C20H20N4O4S. The lowest BCUT2D eigenvalue weighted by Crippen LogP contribution is -2.60. The zero-order valence-corrected chi connectivity index (χ0v) is 16.5. The predicted molar refractivity (Wildman–Crippen MR) is 107 cm³/mol. The van der Waals surface area contributed by atoms with E-state index >= 15 is 0 Å². The van der Waals surface area contributed by atoms with E-state index in [9.17, 15) is 13.2 Å². The zero-order chi connectivity index (χ0) is 20.4. The van der Waals surface area contributed by atoms with E-state index in [2.05, 4.69) is 10.4 Å². The second kappa shape index (κ2) is 7.69. The van der Waals surface area contributed by atoms with E-state index in [0.29, 0.717) is 11.3 Å². The van der Waals surface area contributed by atoms with Crippen LogP contribution in [0.5, 0.6) is 5.75 Å². The van der Waals surface area contributed by atoms with Gasteiger partial charge in [-0.3, -0.25) is 4.79 Å². The molecule has 9 heteroatoms. The van der Waals surface area contributed by atoms with E-state index in [4.69, 9.17) is 4.74 Å². The number of nitrogens with one attached hydrogen (secondary N) is 1. The summed E-state index contributed by atoms with van der Waals surface area (Å²) in [5, 5.41) is 7.02. The average Bonchev–Trinajstić information content (AvgIpc) is 3.25. The third kappa shape index (κ3) is 3.87. The highest BCUT2D eigenvalue weighted by atomic mass is 32.2. The summed E-state index contributed by atoms with van der Waals surface area (Å²) in [6.07, 6.45) is 3.50. The highest BCUT2D eigenvalue weighted by Crippen LogP contribution is 2.23. The molecule has 0 saturated carbocycles. The van der Waals surface area contributed by atoms with Gasteiger partial charge in [-0.25, -0.2) is 13.1 Å². The summed E-state index contributed by atoms with van der Waals surface area (Å²) in [4.78, 5) is 12.6. The third-order valence-corrected chi connectivity index (χ3v) is 6.62. The van der Waals surface area contributed by atoms with Crippen molar-refractivity contribution >= 4 is 15.9 Å². The number of carbonyl (C=O) groups excluding carboxylic acids is 1. The first kappa shape index (κ1) is 19.2. The van der Waals surface area contributed by atoms with Crippen LogP contribution in [0.2, 0.25) is 0 Å². The number of sulfonamides is 1. The lowest BCUT2D eigenvalue weighted by atomic mass is 10.1. The summed E-state index contributed by atoms with van der Waals surface area (Å²) >= 11 is 0. The van der Waals surface area contributed by atoms with Crippen molar-refractivity contribution in [2.24, 2.45) is 0 Å². The van der Waals surface area contributed by atoms with E-state index in [-0.39, 0.29) is 29.9 Å². The maximum absolute atomic E-state index is 12.6. The molecule has 0 spiro atoms. The van der Waals surface area contributed by atoms with Crippen LogP contribution in [-0.4, -0.2) is 54.7 Å². The number of benzene rings is 2. The van der Waals surface area contributed by atoms with Crippen LogP contribution in [0.15, 0.2) is 71.9 Å². The monoisotopic (exact) mass is 412 g/mol. The molecule has 1 amide bonds. The van der Waals surface area contributed by atoms with Gasteiger partial charge in [-0.1, -0.05) is 0 Å². The van der Waals surface area contributed by atoms with Crippen LogP contribution in [-0.2, 0) is 10.0 Å². The van der Waals surface area contributed by atoms with Gasteiger partial charge in [-0.2, -0.15) is 9.40 Å². The first-order chi connectivity index (χ1) is 14.0. The third-order valence-electron chi connectivity index (χ3n) is 4.78. The fraction of sp³-hybridized carbons (Fsp3) is 0.200. The van der Waals surface area contributed by atoms with Gasteiger partial charge in [-0.15, -0.1) is 0 Å². The highest BCUT2D eigenvalue weighted by molar-refractivity contribution is 7.89. The molecule has 0 aliphatic carbocycles. The Hall–Kier alpha value is -3.17. The fourth-order valence-electron chi connectivity index (χ4n) is 3.08. The summed E-state index contributed by atoms with van der Waals surface area (Å²) in [5.41, 5.74) is 1.37. The molecule has 2 heterocycles. The van der Waals surface area contributed by atoms with Crippen molar-refractivity contribution in [1.82, 2.24) is 19.4 Å². The Kier molecular flexibility index (Phi) is 5.08. The maximum atomic E-state index is 12.6. The number of aromatic nitrogens is 2. The van der Waals surface area contributed by atoms with Gasteiger partial charge in [0, 0.05) is 31.0 Å². The largest absolute Gasteiger partial charge is 0.497 e. The second-order valence-electron chi connectivity index (χ2n) is 6.67. The number of methoxy groups -OCH3 is 1. The molecular weight excluding hydrogens is 392 g/mol. The molecule has 2 aromatic carbocycles. The van der Waals surface area contributed by atoms with Crippen molar-refractivity contribution in [1.29, 1.82) is 0 Å². The van der Waals surface area contributed by atoms with Gasteiger partial charge in [0.1, 0.15) is 5.75 Å². The SMILES string of the molecule is COc1ccc(S(=O)(=O)N2CC(NC(=O)c3ccc(-n4cccn4)cc3)C2)cc1. The lowest BCUT2D eigenvalue weighted by Gasteiger charge is -2.38. The van der Waals surface area contributed by atoms with Gasteiger partial charge in [-0.05, 0) is 54.6 Å². The van der Waals surface area contributed by atoms with E-state index in [1.165, 1.54) is 23.5 Å². The number of amides is 1. The van der Waals surface area contributed by atoms with Gasteiger partial charge in [0.25, 0.3) is 5.91 Å². The van der Waals surface area contributed by atoms with Gasteiger partial charge < -0.3 is 10.1 Å². The quantitative estimate of drug-likeness (QED) is 0.665. The normalized spacial score (nSPS) is 14.9. The van der Waals surface area contributed by atoms with Gasteiger partial charge >= 0.3 is 0 Å². The van der Waals surface area contributed by atoms with Gasteiger partial charge in [0.2, 0.25) is 10.0 Å². The molecule has 3 aromatic rings. The summed E-state index contributed by atoms with van der Waals surface area (Å²) in [6, 6.07) is 14.9. The van der Waals surface area contributed by atoms with Crippen LogP contribution >= 0.6 is 0 Å². The average molecular weight is 412 g/mol. The molecule has 1 aromatic heterocycles. The van der Waals surface area contributed by atoms with Crippen molar-refractivity contribution in [2.75, 3.05) is 20.2 Å². The van der Waals surface area contributed by atoms with Crippen molar-refractivity contribution < 1.29 is 17.9 Å². The van der Waals surface area contributed by atoms with Crippen molar-refractivity contribution in [3.8, 4) is 11.4 Å². The standard InChI is InChI=1S/C20H20N4O4S/c1-28-18-7-9-19(10-8-18)29(26,27)23-13-16(14-23)22-20(25)15-3-5-17(6-4-15)24-12-2-11-21-24/h2-12,16H,13-14H2,1H3,(H,22,25). The predicted octanol–water partition coefficient (Wildman–Crippen LogP) is 1.68. The van der Waals surface area contributed by atoms with E-state index in [1.807, 2.05) is 24.4 Å². The van der Waals surface area contributed by atoms with Crippen LogP contribution in [0.3, 0.4) is 0 Å². The minimum atomic E-state index is -3.57. The second-order valence-corrected chi connectivity index (χ2v) is 8.60. The maximum Gasteiger partial charge on any atom is 0.251 e. The van der Waals surface area contributed by atoms with Gasteiger partial charge in [0.15, 0.2) is 0 Å². The molecule has 0 bridgehead atoms. The first-order valence-electron chi connectivity index (χ1n) is 9.02. The van der Waals surface area contributed by atoms with Crippen LogP contribution < -0.4 is 10.1 Å². The molecule has 1 fully saturated rings. The molecule has 4 rings (SSSR count). The molecule has 8 nitrogen and oxygen atoms in total. The van der Waals surface area contributed by atoms with Crippen LogP contribution in [0.25, 0.3) is 5.69 Å². The Morgan fingerprint density at radius 2 is 1.79 bits per heavy atom. The van der Waals surface area contributed by atoms with E-state index in [1.54, 1.807) is 35.1 Å². The Labute approximate surface area is 168 Å². The van der Waals surface area contributed by atoms with E-state index < -0.39 is 10.0 Å². The van der Waals surface area contributed by atoms with E-state index in [0.717, 1.165) is 5.69 Å². The van der Waals surface area contributed by atoms with Gasteiger partial charge in [0.05, 0.1) is 23.7 Å². The molecule has 1 saturated heterocycles. The number of nitrogens with zero attached hydrogens (tertiary/aromatic N) is 3. The molecule has 1 N–H and O–H groups in total. The lowest BCUT2D eigenvalue weighted by molar-refractivity contribution is 0.0895. The number of carbonyl (C=O) groups is 1. The number of hydrogen-bond acceptors (Lipinski definition) is 5. The number of rotatable bonds is 6. The molecule has 150 valence electrons. The Bertz CT molecular complexity index is 1090. The van der Waals surface area contributed by atoms with Crippen LogP contribution in [0.4, 0.5) is 0 Å². The Morgan fingerprint density at radius 3 is 2.38 bits per heavy atom. The molecule has 0 atom stereocenters. The Morgan fingerprint density at radius 1 is 1.10 bits per heavy atom. The van der Waals surface area contributed by atoms with Crippen LogP contribution in [0.1, 0.15) is 10.4 Å². The van der Waals surface area contributed by atoms with Crippen molar-refractivity contribution in [3.63, 3.8) is 0 Å². The summed E-state index contributed by atoms with van der Waals surface area (Å²) in [5.74, 6) is 0.361. The molecule has 1 aliphatic heterocycles. The molecule has 0 radical (unpaired) electrons. The summed E-state index contributed by atoms with van der Waals surface area (Å²) in [6.45, 7) is 0.483. The summed E-state index contributed by atoms with van der Waals surface area (Å²) < 4.78 is 33.4. The first-order valence-corrected chi connectivity index (χ1v) is 10.5. The topological polar surface area (TPSA) is 93.5 Å². The zero-order valence-electron chi connectivity index (χ0n) is 15.7. The van der Waals surface area contributed by atoms with Crippen molar-refractivity contribution in [2.45, 2.75) is 10.9 Å². The minimum Gasteiger partial charge on any atom is -0.497 e. The highest BCUT2D eigenvalue weighted by Gasteiger charge is 2.37. The molecule has 1 aliphatic rings. The number of ether oxygens (including phenoxy) is 1. The minimum absolute atomic E-state index is 0.206. The van der Waals surface area contributed by atoms with Crippen molar-refractivity contribution in [3.05, 3.63) is 72.6 Å². The fourth-order valence-corrected chi connectivity index (χ4v) is 4.61. The Balaban J connectivity index is 1.34.